The Morgan fingerprint density at radius 3 is 1.27 bits per heavy atom. The topological polar surface area (TPSA) is 266 Å². The Labute approximate surface area is 360 Å². The van der Waals surface area contributed by atoms with Crippen LogP contribution in [0.2, 0.25) is 0 Å². The van der Waals surface area contributed by atoms with Gasteiger partial charge in [-0.1, -0.05) is 96.3 Å². The number of carboxylic acid groups (broad SMARTS) is 3. The summed E-state index contributed by atoms with van der Waals surface area (Å²) in [6, 6.07) is -2.34. The molecule has 60 heavy (non-hydrogen) atoms. The summed E-state index contributed by atoms with van der Waals surface area (Å²) in [4.78, 5) is 82.2. The number of hydrogen-bond acceptors (Lipinski definition) is 9. The third-order valence-electron chi connectivity index (χ3n) is 10.7. The van der Waals surface area contributed by atoms with Crippen LogP contribution < -0.4 is 32.2 Å². The summed E-state index contributed by atoms with van der Waals surface area (Å²) in [5.41, 5.74) is 5.97. The van der Waals surface area contributed by atoms with Gasteiger partial charge in [-0.05, 0) is 70.6 Å². The minimum atomic E-state index is -1.16. The fourth-order valence-electron chi connectivity index (χ4n) is 6.88. The second-order valence-corrected chi connectivity index (χ2v) is 16.1. The standard InChI is InChI=1S/C43H81BN6O10/c44-50-36(43(59)60)25-20-23-33-48-41(56)34(45)24-19-22-32-46-37(51)26-17-15-21-31-47-38(52)30-29-35(42(57)58)49-39(53)27-16-13-11-9-7-5-3-1-2-4-6-8-10-12-14-18-28-40(54)55/h34-36,50H,1-33,44-45H2,(H,46,51)(H,47,52)(H,48,56)(H,49,53)(H,54,55)(H,57,58)(H,59,60). The lowest BCUT2D eigenvalue weighted by atomic mass is 10.0. The number of aliphatic carboxylic acids is 3. The molecular weight excluding hydrogens is 771 g/mol. The van der Waals surface area contributed by atoms with E-state index in [-0.39, 0.29) is 49.3 Å². The average Bonchev–Trinajstić information content (AvgIpc) is 3.20. The summed E-state index contributed by atoms with van der Waals surface area (Å²) >= 11 is 0. The van der Waals surface area contributed by atoms with Gasteiger partial charge in [-0.15, -0.1) is 0 Å². The molecule has 0 heterocycles. The summed E-state index contributed by atoms with van der Waals surface area (Å²) in [6.07, 6.45) is 24.6. The first-order chi connectivity index (χ1) is 28.9. The number of nitrogens with two attached hydrogens (primary N) is 1. The van der Waals surface area contributed by atoms with Crippen molar-refractivity contribution >= 4 is 49.5 Å². The first kappa shape index (κ1) is 56.3. The number of nitrogens with one attached hydrogen (secondary N) is 5. The number of rotatable bonds is 43. The minimum absolute atomic E-state index is 0.0116. The summed E-state index contributed by atoms with van der Waals surface area (Å²) in [5.74, 6) is -3.64. The number of carboxylic acids is 3. The average molecular weight is 853 g/mol. The fraction of sp³-hybridized carbons (Fsp3) is 0.837. The highest BCUT2D eigenvalue weighted by atomic mass is 16.4. The molecule has 0 radical (unpaired) electrons. The van der Waals surface area contributed by atoms with Crippen molar-refractivity contribution in [1.29, 1.82) is 0 Å². The van der Waals surface area contributed by atoms with E-state index in [1.807, 2.05) is 0 Å². The van der Waals surface area contributed by atoms with Gasteiger partial charge in [-0.3, -0.25) is 28.8 Å². The van der Waals surface area contributed by atoms with E-state index in [9.17, 15) is 38.7 Å². The van der Waals surface area contributed by atoms with Gasteiger partial charge in [0.05, 0.1) is 12.1 Å². The zero-order chi connectivity index (χ0) is 44.6. The van der Waals surface area contributed by atoms with Crippen molar-refractivity contribution in [2.75, 3.05) is 19.6 Å². The Kier molecular flexibility index (Phi) is 37.0. The van der Waals surface area contributed by atoms with E-state index >= 15 is 0 Å². The van der Waals surface area contributed by atoms with E-state index < -0.39 is 36.0 Å². The quantitative estimate of drug-likeness (QED) is 0.0301. The number of carbonyl (C=O) groups is 7. The molecule has 0 bridgehead atoms. The molecule has 0 aliphatic carbocycles. The van der Waals surface area contributed by atoms with Crippen molar-refractivity contribution < 1.29 is 48.9 Å². The van der Waals surface area contributed by atoms with Gasteiger partial charge in [0.25, 0.3) is 0 Å². The molecule has 0 aromatic heterocycles. The van der Waals surface area contributed by atoms with Gasteiger partial charge in [-0.2, -0.15) is 0 Å². The van der Waals surface area contributed by atoms with E-state index in [2.05, 4.69) is 26.5 Å². The van der Waals surface area contributed by atoms with Crippen LogP contribution >= 0.6 is 0 Å². The molecule has 17 heteroatoms. The predicted molar refractivity (Wildman–Crippen MR) is 236 cm³/mol. The molecule has 0 aromatic rings. The Morgan fingerprint density at radius 2 is 0.800 bits per heavy atom. The third-order valence-corrected chi connectivity index (χ3v) is 10.7. The lowest BCUT2D eigenvalue weighted by Crippen LogP contribution is -2.41. The maximum atomic E-state index is 12.4. The van der Waals surface area contributed by atoms with Crippen LogP contribution in [0.3, 0.4) is 0 Å². The lowest BCUT2D eigenvalue weighted by Gasteiger charge is -2.14. The molecule has 3 atom stereocenters. The van der Waals surface area contributed by atoms with Crippen molar-refractivity contribution in [3.05, 3.63) is 0 Å². The molecule has 0 fully saturated rings. The van der Waals surface area contributed by atoms with Crippen LogP contribution in [0, 0.1) is 0 Å². The van der Waals surface area contributed by atoms with Crippen LogP contribution in [0.25, 0.3) is 0 Å². The first-order valence-corrected chi connectivity index (χ1v) is 23.1. The first-order valence-electron chi connectivity index (χ1n) is 23.1. The number of amides is 4. The maximum Gasteiger partial charge on any atom is 0.326 e. The van der Waals surface area contributed by atoms with Gasteiger partial charge in [-0.25, -0.2) is 4.79 Å². The van der Waals surface area contributed by atoms with E-state index in [0.717, 1.165) is 44.9 Å². The van der Waals surface area contributed by atoms with Crippen LogP contribution in [0.4, 0.5) is 0 Å². The molecule has 0 saturated heterocycles. The lowest BCUT2D eigenvalue weighted by molar-refractivity contribution is -0.142. The molecule has 10 N–H and O–H groups in total. The summed E-state index contributed by atoms with van der Waals surface area (Å²) < 4.78 is 0. The van der Waals surface area contributed by atoms with Crippen molar-refractivity contribution in [3.8, 4) is 0 Å². The van der Waals surface area contributed by atoms with Gasteiger partial charge in [0.1, 0.15) is 6.04 Å². The Balaban J connectivity index is 3.76. The summed E-state index contributed by atoms with van der Waals surface area (Å²) in [6.45, 7) is 1.34. The smallest absolute Gasteiger partial charge is 0.326 e. The maximum absolute atomic E-state index is 12.4. The molecule has 0 saturated carbocycles. The van der Waals surface area contributed by atoms with Crippen LogP contribution in [0.15, 0.2) is 0 Å². The van der Waals surface area contributed by atoms with Crippen molar-refractivity contribution in [2.45, 2.75) is 211 Å². The fourth-order valence-corrected chi connectivity index (χ4v) is 6.88. The Bertz CT molecular complexity index is 1200. The third kappa shape index (κ3) is 36.2. The van der Waals surface area contributed by atoms with Crippen molar-refractivity contribution in [1.82, 2.24) is 26.5 Å². The van der Waals surface area contributed by atoms with E-state index in [1.54, 1.807) is 7.98 Å². The minimum Gasteiger partial charge on any atom is -0.481 e. The zero-order valence-electron chi connectivity index (χ0n) is 36.8. The Hall–Kier alpha value is -3.73. The SMILES string of the molecule is BNC(CCCCNC(=O)C(N)CCCCNC(=O)CCCCCNC(=O)CCC(NC(=O)CCCCCCCCCCCCCCCCCCC(=O)O)C(=O)O)C(=O)O. The highest BCUT2D eigenvalue weighted by Crippen LogP contribution is 2.15. The molecular formula is C43H81BN6O10. The number of hydrogen-bond donors (Lipinski definition) is 9. The second kappa shape index (κ2) is 39.4. The largest absolute Gasteiger partial charge is 0.481 e. The highest BCUT2D eigenvalue weighted by Gasteiger charge is 2.21. The molecule has 4 amide bonds. The normalized spacial score (nSPS) is 12.6. The summed E-state index contributed by atoms with van der Waals surface area (Å²) in [5, 5.41) is 41.0. The van der Waals surface area contributed by atoms with Crippen LogP contribution in [0.5, 0.6) is 0 Å². The van der Waals surface area contributed by atoms with Gasteiger partial charge in [0.15, 0.2) is 7.98 Å². The molecule has 16 nitrogen and oxygen atoms in total. The van der Waals surface area contributed by atoms with E-state index in [0.29, 0.717) is 83.8 Å². The van der Waals surface area contributed by atoms with Gasteiger partial charge < -0.3 is 47.5 Å². The molecule has 0 aromatic carbocycles. The number of unbranched alkanes of at least 4 members (excludes halogenated alkanes) is 19. The molecule has 0 spiro atoms. The predicted octanol–water partition coefficient (Wildman–Crippen LogP) is 4.61. The zero-order valence-corrected chi connectivity index (χ0v) is 36.8. The van der Waals surface area contributed by atoms with E-state index in [1.165, 1.54) is 57.8 Å². The molecule has 0 aliphatic rings. The molecule has 346 valence electrons. The highest BCUT2D eigenvalue weighted by molar-refractivity contribution is 6.06. The van der Waals surface area contributed by atoms with Gasteiger partial charge in [0.2, 0.25) is 23.6 Å². The molecule has 0 aliphatic heterocycles. The van der Waals surface area contributed by atoms with Gasteiger partial charge in [0, 0.05) is 45.3 Å². The van der Waals surface area contributed by atoms with Crippen LogP contribution in [0.1, 0.15) is 193 Å². The van der Waals surface area contributed by atoms with Crippen molar-refractivity contribution in [2.24, 2.45) is 5.73 Å². The molecule has 0 rings (SSSR count). The second-order valence-electron chi connectivity index (χ2n) is 16.1. The van der Waals surface area contributed by atoms with Crippen molar-refractivity contribution in [3.63, 3.8) is 0 Å². The summed E-state index contributed by atoms with van der Waals surface area (Å²) in [7, 11) is 1.60. The van der Waals surface area contributed by atoms with Crippen LogP contribution in [-0.2, 0) is 33.6 Å². The van der Waals surface area contributed by atoms with Crippen LogP contribution in [-0.4, -0.2) is 103 Å². The van der Waals surface area contributed by atoms with Gasteiger partial charge >= 0.3 is 17.9 Å². The Morgan fingerprint density at radius 1 is 0.417 bits per heavy atom. The van der Waals surface area contributed by atoms with E-state index in [4.69, 9.17) is 15.9 Å². The number of carbonyl (C=O) groups excluding carboxylic acids is 4. The molecule has 3 unspecified atom stereocenters. The monoisotopic (exact) mass is 853 g/mol.